The molecule has 0 spiro atoms. The average molecular weight is 509 g/mol. The van der Waals surface area contributed by atoms with Crippen molar-refractivity contribution in [2.24, 2.45) is 0 Å². The molecule has 0 radical (unpaired) electrons. The number of carbonyl (C=O) groups excluding carboxylic acids is 3. The van der Waals surface area contributed by atoms with E-state index in [1.807, 2.05) is 0 Å². The van der Waals surface area contributed by atoms with E-state index in [0.29, 0.717) is 32.6 Å². The summed E-state index contributed by atoms with van der Waals surface area (Å²) >= 11 is 3.42. The lowest BCUT2D eigenvalue weighted by molar-refractivity contribution is 0.0509. The van der Waals surface area contributed by atoms with Crippen LogP contribution in [0.2, 0.25) is 0 Å². The number of nitrogens with one attached hydrogen (secondary N) is 2. The molecule has 1 amide bonds. The Morgan fingerprint density at radius 2 is 1.84 bits per heavy atom. The van der Waals surface area contributed by atoms with Gasteiger partial charge < -0.3 is 24.5 Å². The summed E-state index contributed by atoms with van der Waals surface area (Å²) in [6, 6.07) is 4.99. The standard InChI is InChI=1S/C23H29BrN2O6/c1-7-30-21(28)19-13(2)18(14(3)26-19)20(27)15-8-9-17(16(24)12-15)31-11-10-25-22(29)32-23(4,5)6/h8-9,12,26H,7,10-11H2,1-6H3,(H,25,29). The number of hydrogen-bond donors (Lipinski definition) is 2. The van der Waals surface area contributed by atoms with Crippen molar-refractivity contribution in [3.63, 3.8) is 0 Å². The lowest BCUT2D eigenvalue weighted by Crippen LogP contribution is -2.34. The van der Waals surface area contributed by atoms with Crippen molar-refractivity contribution in [2.45, 2.75) is 47.1 Å². The summed E-state index contributed by atoms with van der Waals surface area (Å²) in [5.74, 6) is -0.176. The first-order valence-corrected chi connectivity index (χ1v) is 11.0. The van der Waals surface area contributed by atoms with E-state index in [-0.39, 0.29) is 31.2 Å². The van der Waals surface area contributed by atoms with E-state index < -0.39 is 17.7 Å². The van der Waals surface area contributed by atoms with Crippen molar-refractivity contribution in [1.82, 2.24) is 10.3 Å². The molecule has 0 aliphatic heterocycles. The summed E-state index contributed by atoms with van der Waals surface area (Å²) in [7, 11) is 0. The van der Waals surface area contributed by atoms with E-state index in [9.17, 15) is 14.4 Å². The number of aromatic amines is 1. The van der Waals surface area contributed by atoms with E-state index >= 15 is 0 Å². The third kappa shape index (κ3) is 6.59. The average Bonchev–Trinajstić information content (AvgIpc) is 2.98. The van der Waals surface area contributed by atoms with Crippen LogP contribution < -0.4 is 10.1 Å². The zero-order valence-electron chi connectivity index (χ0n) is 19.2. The van der Waals surface area contributed by atoms with Gasteiger partial charge in [0.05, 0.1) is 17.6 Å². The Hall–Kier alpha value is -2.81. The van der Waals surface area contributed by atoms with Gasteiger partial charge in [-0.05, 0) is 81.2 Å². The number of H-pyrrole nitrogens is 1. The number of aromatic nitrogens is 1. The maximum atomic E-state index is 13.1. The predicted octanol–water partition coefficient (Wildman–Crippen LogP) is 4.71. The monoisotopic (exact) mass is 508 g/mol. The van der Waals surface area contributed by atoms with Crippen LogP contribution in [0.4, 0.5) is 4.79 Å². The van der Waals surface area contributed by atoms with Crippen molar-refractivity contribution in [1.29, 1.82) is 0 Å². The number of hydrogen-bond acceptors (Lipinski definition) is 6. The van der Waals surface area contributed by atoms with Crippen LogP contribution in [0.5, 0.6) is 5.75 Å². The largest absolute Gasteiger partial charge is 0.491 e. The number of amides is 1. The first-order valence-electron chi connectivity index (χ1n) is 10.2. The molecule has 0 saturated carbocycles. The number of esters is 1. The molecule has 2 aromatic rings. The van der Waals surface area contributed by atoms with E-state index in [2.05, 4.69) is 26.2 Å². The Balaban J connectivity index is 2.05. The predicted molar refractivity (Wildman–Crippen MR) is 124 cm³/mol. The molecule has 0 atom stereocenters. The van der Waals surface area contributed by atoms with Crippen LogP contribution >= 0.6 is 15.9 Å². The molecular formula is C23H29BrN2O6. The fourth-order valence-electron chi connectivity index (χ4n) is 3.03. The van der Waals surface area contributed by atoms with Crippen molar-refractivity contribution in [3.05, 3.63) is 50.8 Å². The van der Waals surface area contributed by atoms with Gasteiger partial charge in [-0.3, -0.25) is 4.79 Å². The highest BCUT2D eigenvalue weighted by Gasteiger charge is 2.24. The molecule has 9 heteroatoms. The minimum absolute atomic E-state index is 0.217. The van der Waals surface area contributed by atoms with Crippen molar-refractivity contribution in [2.75, 3.05) is 19.8 Å². The fourth-order valence-corrected chi connectivity index (χ4v) is 3.52. The molecule has 8 nitrogen and oxygen atoms in total. The molecule has 0 fully saturated rings. The van der Waals surface area contributed by atoms with Crippen LogP contribution in [0.1, 0.15) is 65.4 Å². The molecule has 32 heavy (non-hydrogen) atoms. The SMILES string of the molecule is CCOC(=O)c1[nH]c(C)c(C(=O)c2ccc(OCCNC(=O)OC(C)(C)C)c(Br)c2)c1C. The van der Waals surface area contributed by atoms with Crippen LogP contribution in [-0.2, 0) is 9.47 Å². The van der Waals surface area contributed by atoms with Crippen molar-refractivity contribution < 1.29 is 28.6 Å². The highest BCUT2D eigenvalue weighted by Crippen LogP contribution is 2.29. The van der Waals surface area contributed by atoms with Crippen LogP contribution in [-0.4, -0.2) is 48.2 Å². The van der Waals surface area contributed by atoms with Gasteiger partial charge in [-0.25, -0.2) is 9.59 Å². The number of alkyl carbamates (subject to hydrolysis) is 1. The molecule has 2 N–H and O–H groups in total. The van der Waals surface area contributed by atoms with Crippen LogP contribution in [0, 0.1) is 13.8 Å². The number of benzene rings is 1. The Morgan fingerprint density at radius 3 is 2.44 bits per heavy atom. The first-order chi connectivity index (χ1) is 14.9. The van der Waals surface area contributed by atoms with Crippen molar-refractivity contribution in [3.8, 4) is 5.75 Å². The van der Waals surface area contributed by atoms with E-state index in [4.69, 9.17) is 14.2 Å². The summed E-state index contributed by atoms with van der Waals surface area (Å²) in [5, 5.41) is 2.62. The second kappa shape index (κ2) is 10.7. The Kier molecular flexibility index (Phi) is 8.49. The van der Waals surface area contributed by atoms with Gasteiger partial charge in [0, 0.05) is 16.8 Å². The van der Waals surface area contributed by atoms with Gasteiger partial charge in [-0.1, -0.05) is 0 Å². The molecule has 0 aliphatic rings. The molecule has 0 unspecified atom stereocenters. The number of ketones is 1. The van der Waals surface area contributed by atoms with Gasteiger partial charge >= 0.3 is 12.1 Å². The lowest BCUT2D eigenvalue weighted by atomic mass is 9.99. The smallest absolute Gasteiger partial charge is 0.407 e. The summed E-state index contributed by atoms with van der Waals surface area (Å²) < 4.78 is 16.5. The Morgan fingerprint density at radius 1 is 1.16 bits per heavy atom. The number of carbonyl (C=O) groups is 3. The summed E-state index contributed by atoms with van der Waals surface area (Å²) in [4.78, 5) is 39.8. The van der Waals surface area contributed by atoms with Gasteiger partial charge in [0.25, 0.3) is 0 Å². The number of ether oxygens (including phenoxy) is 3. The second-order valence-corrected chi connectivity index (χ2v) is 8.95. The van der Waals surface area contributed by atoms with E-state index in [1.54, 1.807) is 59.7 Å². The van der Waals surface area contributed by atoms with E-state index in [0.717, 1.165) is 0 Å². The highest BCUT2D eigenvalue weighted by molar-refractivity contribution is 9.10. The normalized spacial score (nSPS) is 11.1. The van der Waals surface area contributed by atoms with Gasteiger partial charge in [0.2, 0.25) is 0 Å². The number of halogens is 1. The molecular weight excluding hydrogens is 480 g/mol. The Labute approximate surface area is 196 Å². The topological polar surface area (TPSA) is 107 Å². The maximum Gasteiger partial charge on any atom is 0.407 e. The van der Waals surface area contributed by atoms with Crippen LogP contribution in [0.15, 0.2) is 22.7 Å². The zero-order valence-corrected chi connectivity index (χ0v) is 20.8. The molecule has 174 valence electrons. The van der Waals surface area contributed by atoms with Gasteiger partial charge in [0.1, 0.15) is 23.7 Å². The molecule has 0 saturated heterocycles. The summed E-state index contributed by atoms with van der Waals surface area (Å²) in [6.45, 7) is 11.3. The zero-order chi connectivity index (χ0) is 24.1. The number of rotatable bonds is 8. The highest BCUT2D eigenvalue weighted by atomic mass is 79.9. The molecule has 1 aromatic heterocycles. The minimum Gasteiger partial charge on any atom is -0.491 e. The molecule has 0 bridgehead atoms. The quantitative estimate of drug-likeness (QED) is 0.304. The van der Waals surface area contributed by atoms with Crippen LogP contribution in [0.25, 0.3) is 0 Å². The maximum absolute atomic E-state index is 13.1. The third-order valence-corrected chi connectivity index (χ3v) is 4.99. The fraction of sp³-hybridized carbons (Fsp3) is 0.435. The van der Waals surface area contributed by atoms with Crippen molar-refractivity contribution >= 4 is 33.8 Å². The number of aryl methyl sites for hydroxylation is 1. The summed E-state index contributed by atoms with van der Waals surface area (Å²) in [6.07, 6.45) is -0.513. The summed E-state index contributed by atoms with van der Waals surface area (Å²) in [5.41, 5.74) is 1.75. The van der Waals surface area contributed by atoms with Gasteiger partial charge in [-0.2, -0.15) is 0 Å². The minimum atomic E-state index is -0.566. The Bertz CT molecular complexity index is 1010. The van der Waals surface area contributed by atoms with Gasteiger partial charge in [-0.15, -0.1) is 0 Å². The molecule has 1 heterocycles. The van der Waals surface area contributed by atoms with Crippen LogP contribution in [0.3, 0.4) is 0 Å². The molecule has 2 rings (SSSR count). The molecule has 0 aliphatic carbocycles. The molecule has 1 aromatic carbocycles. The second-order valence-electron chi connectivity index (χ2n) is 8.10. The van der Waals surface area contributed by atoms with E-state index in [1.165, 1.54) is 0 Å². The van der Waals surface area contributed by atoms with Gasteiger partial charge in [0.15, 0.2) is 5.78 Å². The first kappa shape index (κ1) is 25.5. The third-order valence-electron chi connectivity index (χ3n) is 4.37. The lowest BCUT2D eigenvalue weighted by Gasteiger charge is -2.19.